The quantitative estimate of drug-likeness (QED) is 0.933. The summed E-state index contributed by atoms with van der Waals surface area (Å²) in [6.07, 6.45) is 1.66. The second kappa shape index (κ2) is 5.40. The van der Waals surface area contributed by atoms with Crippen LogP contribution >= 0.6 is 11.3 Å². The molecule has 1 amide bonds. The van der Waals surface area contributed by atoms with E-state index in [1.165, 1.54) is 11.3 Å². The third-order valence-corrected chi connectivity index (χ3v) is 3.69. The first kappa shape index (κ1) is 13.5. The van der Waals surface area contributed by atoms with E-state index in [-0.39, 0.29) is 5.91 Å². The van der Waals surface area contributed by atoms with Crippen molar-refractivity contribution in [3.8, 4) is 5.75 Å². The number of para-hydroxylation sites is 1. The van der Waals surface area contributed by atoms with E-state index in [0.29, 0.717) is 10.9 Å². The largest absolute Gasteiger partial charge is 0.496 e. The van der Waals surface area contributed by atoms with Gasteiger partial charge in [-0.05, 0) is 19.9 Å². The van der Waals surface area contributed by atoms with Crippen LogP contribution in [0.1, 0.15) is 19.4 Å². The Kier molecular flexibility index (Phi) is 3.85. The van der Waals surface area contributed by atoms with Crippen LogP contribution in [0.15, 0.2) is 35.8 Å². The lowest BCUT2D eigenvalue weighted by molar-refractivity contribution is -0.120. The molecule has 1 heterocycles. The first-order valence-electron chi connectivity index (χ1n) is 5.90. The summed E-state index contributed by atoms with van der Waals surface area (Å²) < 4.78 is 5.32. The van der Waals surface area contributed by atoms with Crippen LogP contribution in [0.3, 0.4) is 0 Å². The summed E-state index contributed by atoms with van der Waals surface area (Å²) in [5, 5.41) is 5.25. The predicted octanol–water partition coefficient (Wildman–Crippen LogP) is 3.07. The molecule has 19 heavy (non-hydrogen) atoms. The molecule has 2 rings (SSSR count). The second-order valence-corrected chi connectivity index (χ2v) is 5.51. The number of nitrogens with one attached hydrogen (secondary N) is 1. The number of carbonyl (C=O) groups is 1. The maximum absolute atomic E-state index is 12.4. The molecular formula is C14H16N2O2S. The van der Waals surface area contributed by atoms with Crippen LogP contribution in [0.4, 0.5) is 5.13 Å². The standard InChI is InChI=1S/C14H16N2O2S/c1-14(2,10-6-4-5-7-11(10)18-3)12(17)16-13-15-8-9-19-13/h4-9H,1-3H3,(H,15,16,17). The SMILES string of the molecule is COc1ccccc1C(C)(C)C(=O)Nc1nccs1. The number of hydrogen-bond acceptors (Lipinski definition) is 4. The fraction of sp³-hybridized carbons (Fsp3) is 0.286. The Hall–Kier alpha value is -1.88. The number of nitrogens with zero attached hydrogens (tertiary/aromatic N) is 1. The van der Waals surface area contributed by atoms with Gasteiger partial charge in [-0.15, -0.1) is 11.3 Å². The molecule has 0 fully saturated rings. The predicted molar refractivity (Wildman–Crippen MR) is 76.8 cm³/mol. The average Bonchev–Trinajstić information content (AvgIpc) is 2.91. The Morgan fingerprint density at radius 2 is 2.11 bits per heavy atom. The highest BCUT2D eigenvalue weighted by Crippen LogP contribution is 2.32. The van der Waals surface area contributed by atoms with Gasteiger partial charge in [0.05, 0.1) is 12.5 Å². The lowest BCUT2D eigenvalue weighted by Gasteiger charge is -2.25. The number of hydrogen-bond donors (Lipinski definition) is 1. The summed E-state index contributed by atoms with van der Waals surface area (Å²) in [4.78, 5) is 16.5. The molecule has 1 aromatic heterocycles. The van der Waals surface area contributed by atoms with Crippen molar-refractivity contribution in [3.63, 3.8) is 0 Å². The van der Waals surface area contributed by atoms with Crippen LogP contribution in [0.25, 0.3) is 0 Å². The minimum Gasteiger partial charge on any atom is -0.496 e. The molecule has 1 aromatic carbocycles. The molecule has 0 saturated heterocycles. The van der Waals surface area contributed by atoms with Crippen molar-refractivity contribution in [1.29, 1.82) is 0 Å². The third-order valence-electron chi connectivity index (χ3n) is 3.00. The zero-order valence-corrected chi connectivity index (χ0v) is 12.0. The van der Waals surface area contributed by atoms with Gasteiger partial charge in [-0.3, -0.25) is 4.79 Å². The van der Waals surface area contributed by atoms with Crippen molar-refractivity contribution in [2.45, 2.75) is 19.3 Å². The third kappa shape index (κ3) is 2.76. The van der Waals surface area contributed by atoms with E-state index < -0.39 is 5.41 Å². The molecule has 5 heteroatoms. The second-order valence-electron chi connectivity index (χ2n) is 4.62. The number of carbonyl (C=O) groups excluding carboxylic acids is 1. The van der Waals surface area contributed by atoms with Crippen LogP contribution in [0.2, 0.25) is 0 Å². The Bertz CT molecular complexity index is 565. The summed E-state index contributed by atoms with van der Waals surface area (Å²) in [5.74, 6) is 0.605. The maximum Gasteiger partial charge on any atom is 0.236 e. The first-order chi connectivity index (χ1) is 9.05. The van der Waals surface area contributed by atoms with E-state index >= 15 is 0 Å². The van der Waals surface area contributed by atoms with Crippen molar-refractivity contribution in [2.24, 2.45) is 0 Å². The molecule has 0 saturated carbocycles. The van der Waals surface area contributed by atoms with Crippen molar-refractivity contribution < 1.29 is 9.53 Å². The summed E-state index contributed by atoms with van der Waals surface area (Å²) in [6, 6.07) is 7.54. The molecule has 0 radical (unpaired) electrons. The highest BCUT2D eigenvalue weighted by Gasteiger charge is 2.32. The van der Waals surface area contributed by atoms with E-state index in [4.69, 9.17) is 4.74 Å². The minimum atomic E-state index is -0.696. The van der Waals surface area contributed by atoms with Crippen LogP contribution in [0, 0.1) is 0 Å². The van der Waals surface area contributed by atoms with E-state index in [2.05, 4.69) is 10.3 Å². The summed E-state index contributed by atoms with van der Waals surface area (Å²) in [5.41, 5.74) is 0.157. The Morgan fingerprint density at radius 1 is 1.37 bits per heavy atom. The number of anilines is 1. The number of methoxy groups -OCH3 is 1. The molecule has 0 aliphatic heterocycles. The highest BCUT2D eigenvalue weighted by atomic mass is 32.1. The lowest BCUT2D eigenvalue weighted by Crippen LogP contribution is -2.35. The Morgan fingerprint density at radius 3 is 2.74 bits per heavy atom. The average molecular weight is 276 g/mol. The van der Waals surface area contributed by atoms with Gasteiger partial charge in [0.1, 0.15) is 5.75 Å². The molecule has 0 atom stereocenters. The Labute approximate surface area is 116 Å². The van der Waals surface area contributed by atoms with Gasteiger partial charge in [-0.1, -0.05) is 18.2 Å². The summed E-state index contributed by atoms with van der Waals surface area (Å²) >= 11 is 1.40. The number of aromatic nitrogens is 1. The summed E-state index contributed by atoms with van der Waals surface area (Å²) in [7, 11) is 1.60. The van der Waals surface area contributed by atoms with Gasteiger partial charge < -0.3 is 10.1 Å². The van der Waals surface area contributed by atoms with E-state index in [0.717, 1.165) is 5.56 Å². The smallest absolute Gasteiger partial charge is 0.236 e. The van der Waals surface area contributed by atoms with Gasteiger partial charge in [0.2, 0.25) is 5.91 Å². The van der Waals surface area contributed by atoms with Gasteiger partial charge in [-0.25, -0.2) is 4.98 Å². The number of benzene rings is 1. The summed E-state index contributed by atoms with van der Waals surface area (Å²) in [6.45, 7) is 3.74. The van der Waals surface area contributed by atoms with Crippen LogP contribution in [0.5, 0.6) is 5.75 Å². The molecule has 1 N–H and O–H groups in total. The van der Waals surface area contributed by atoms with Gasteiger partial charge in [0, 0.05) is 17.1 Å². The van der Waals surface area contributed by atoms with Gasteiger partial charge >= 0.3 is 0 Å². The fourth-order valence-electron chi connectivity index (χ4n) is 1.82. The molecular weight excluding hydrogens is 260 g/mol. The van der Waals surface area contributed by atoms with Crippen LogP contribution in [-0.2, 0) is 10.2 Å². The molecule has 0 aliphatic carbocycles. The molecule has 2 aromatic rings. The first-order valence-corrected chi connectivity index (χ1v) is 6.78. The maximum atomic E-state index is 12.4. The molecule has 0 unspecified atom stereocenters. The van der Waals surface area contributed by atoms with Gasteiger partial charge in [0.15, 0.2) is 5.13 Å². The minimum absolute atomic E-state index is 0.105. The monoisotopic (exact) mass is 276 g/mol. The topological polar surface area (TPSA) is 51.2 Å². The lowest BCUT2D eigenvalue weighted by atomic mass is 9.83. The van der Waals surface area contributed by atoms with Crippen molar-refractivity contribution in [3.05, 3.63) is 41.4 Å². The van der Waals surface area contributed by atoms with Gasteiger partial charge in [0.25, 0.3) is 0 Å². The van der Waals surface area contributed by atoms with Crippen molar-refractivity contribution in [2.75, 3.05) is 12.4 Å². The van der Waals surface area contributed by atoms with Crippen molar-refractivity contribution in [1.82, 2.24) is 4.98 Å². The van der Waals surface area contributed by atoms with Crippen molar-refractivity contribution >= 4 is 22.4 Å². The molecule has 100 valence electrons. The van der Waals surface area contributed by atoms with E-state index in [1.54, 1.807) is 13.3 Å². The highest BCUT2D eigenvalue weighted by molar-refractivity contribution is 7.13. The Balaban J connectivity index is 2.28. The molecule has 0 spiro atoms. The molecule has 0 bridgehead atoms. The number of amides is 1. The zero-order chi connectivity index (χ0) is 13.9. The van der Waals surface area contributed by atoms with Crippen LogP contribution in [-0.4, -0.2) is 18.0 Å². The van der Waals surface area contributed by atoms with E-state index in [1.807, 2.05) is 43.5 Å². The molecule has 4 nitrogen and oxygen atoms in total. The number of ether oxygens (including phenoxy) is 1. The van der Waals surface area contributed by atoms with E-state index in [9.17, 15) is 4.79 Å². The van der Waals surface area contributed by atoms with Crippen LogP contribution < -0.4 is 10.1 Å². The number of rotatable bonds is 4. The number of thiazole rings is 1. The molecule has 0 aliphatic rings. The van der Waals surface area contributed by atoms with Gasteiger partial charge in [-0.2, -0.15) is 0 Å². The normalized spacial score (nSPS) is 11.1. The zero-order valence-electron chi connectivity index (χ0n) is 11.1. The fourth-order valence-corrected chi connectivity index (χ4v) is 2.35.